The number of carbonyl (C=O) groups is 1. The Labute approximate surface area is 89.6 Å². The molecular formula is C11H16N2O2. The van der Waals surface area contributed by atoms with Gasteiger partial charge < -0.3 is 10.0 Å². The van der Waals surface area contributed by atoms with E-state index in [0.29, 0.717) is 18.0 Å². The van der Waals surface area contributed by atoms with Gasteiger partial charge in [-0.05, 0) is 12.0 Å². The number of aromatic hydroxyl groups is 1. The molecule has 0 saturated heterocycles. The van der Waals surface area contributed by atoms with E-state index in [9.17, 15) is 9.90 Å². The van der Waals surface area contributed by atoms with E-state index < -0.39 is 0 Å². The molecule has 4 nitrogen and oxygen atoms in total. The number of hydrogen-bond donors (Lipinski definition) is 1. The van der Waals surface area contributed by atoms with Crippen molar-refractivity contribution in [3.05, 3.63) is 24.0 Å². The molecule has 1 heterocycles. The molecule has 0 bridgehead atoms. The number of aromatic nitrogens is 1. The second-order valence-electron chi connectivity index (χ2n) is 4.01. The highest BCUT2D eigenvalue weighted by atomic mass is 16.3. The van der Waals surface area contributed by atoms with Crippen LogP contribution in [0.2, 0.25) is 0 Å². The highest BCUT2D eigenvalue weighted by molar-refractivity contribution is 5.94. The number of pyridine rings is 1. The molecule has 1 aromatic rings. The lowest BCUT2D eigenvalue weighted by Crippen LogP contribution is -2.30. The van der Waals surface area contributed by atoms with Crippen LogP contribution >= 0.6 is 0 Å². The van der Waals surface area contributed by atoms with Crippen LogP contribution in [0, 0.1) is 5.92 Å². The first-order valence-corrected chi connectivity index (χ1v) is 4.90. The van der Waals surface area contributed by atoms with Gasteiger partial charge >= 0.3 is 0 Å². The minimum Gasteiger partial charge on any atom is -0.506 e. The Morgan fingerprint density at radius 2 is 2.20 bits per heavy atom. The number of rotatable bonds is 3. The molecule has 0 aliphatic heterocycles. The second-order valence-corrected chi connectivity index (χ2v) is 4.01. The van der Waals surface area contributed by atoms with E-state index in [-0.39, 0.29) is 11.7 Å². The van der Waals surface area contributed by atoms with Crippen LogP contribution in [0.4, 0.5) is 0 Å². The molecule has 15 heavy (non-hydrogen) atoms. The van der Waals surface area contributed by atoms with Crippen molar-refractivity contribution < 1.29 is 9.90 Å². The van der Waals surface area contributed by atoms with E-state index in [1.165, 1.54) is 18.5 Å². The minimum atomic E-state index is -0.118. The lowest BCUT2D eigenvalue weighted by Gasteiger charge is -2.19. The lowest BCUT2D eigenvalue weighted by atomic mass is 10.2. The molecule has 1 amide bonds. The molecule has 0 saturated carbocycles. The van der Waals surface area contributed by atoms with E-state index in [0.717, 1.165) is 0 Å². The largest absolute Gasteiger partial charge is 0.506 e. The molecule has 0 unspecified atom stereocenters. The first-order valence-electron chi connectivity index (χ1n) is 4.90. The molecule has 0 fully saturated rings. The van der Waals surface area contributed by atoms with Gasteiger partial charge in [-0.25, -0.2) is 0 Å². The van der Waals surface area contributed by atoms with Crippen LogP contribution in [0.3, 0.4) is 0 Å². The van der Waals surface area contributed by atoms with Gasteiger partial charge in [-0.1, -0.05) is 13.8 Å². The van der Waals surface area contributed by atoms with Gasteiger partial charge in [0.15, 0.2) is 0 Å². The van der Waals surface area contributed by atoms with Crippen molar-refractivity contribution in [2.45, 2.75) is 13.8 Å². The van der Waals surface area contributed by atoms with Crippen molar-refractivity contribution in [3.8, 4) is 5.75 Å². The summed E-state index contributed by atoms with van der Waals surface area (Å²) in [7, 11) is 1.74. The Balaban J connectivity index is 2.76. The Hall–Kier alpha value is -1.58. The third-order valence-electron chi connectivity index (χ3n) is 1.96. The fourth-order valence-electron chi connectivity index (χ4n) is 1.40. The normalized spacial score (nSPS) is 10.4. The van der Waals surface area contributed by atoms with Gasteiger partial charge in [0.1, 0.15) is 5.75 Å². The van der Waals surface area contributed by atoms with Gasteiger partial charge in [-0.15, -0.1) is 0 Å². The van der Waals surface area contributed by atoms with Gasteiger partial charge in [0.2, 0.25) is 0 Å². The average molecular weight is 208 g/mol. The minimum absolute atomic E-state index is 0.0128. The third kappa shape index (κ3) is 3.23. The van der Waals surface area contributed by atoms with Crippen LogP contribution in [0.15, 0.2) is 18.5 Å². The van der Waals surface area contributed by atoms with Crippen molar-refractivity contribution in [1.82, 2.24) is 9.88 Å². The number of amides is 1. The molecule has 1 N–H and O–H groups in total. The molecule has 1 rings (SSSR count). The smallest absolute Gasteiger partial charge is 0.255 e. The van der Waals surface area contributed by atoms with Crippen LogP contribution in [0.25, 0.3) is 0 Å². The summed E-state index contributed by atoms with van der Waals surface area (Å²) in [5.41, 5.74) is 0.415. The Bertz CT molecular complexity index is 350. The fourth-order valence-corrected chi connectivity index (χ4v) is 1.40. The second kappa shape index (κ2) is 4.77. The topological polar surface area (TPSA) is 53.4 Å². The van der Waals surface area contributed by atoms with Gasteiger partial charge in [-0.2, -0.15) is 0 Å². The maximum Gasteiger partial charge on any atom is 0.255 e. The first kappa shape index (κ1) is 11.5. The summed E-state index contributed by atoms with van der Waals surface area (Å²) in [5, 5.41) is 9.19. The van der Waals surface area contributed by atoms with Crippen molar-refractivity contribution >= 4 is 5.91 Å². The molecule has 0 radical (unpaired) electrons. The van der Waals surface area contributed by atoms with Gasteiger partial charge in [0.05, 0.1) is 11.8 Å². The van der Waals surface area contributed by atoms with Crippen molar-refractivity contribution in [2.24, 2.45) is 5.92 Å². The summed E-state index contributed by atoms with van der Waals surface area (Å²) in [5.74, 6) is 0.315. The standard InChI is InChI=1S/C11H16N2O2/c1-8(2)7-13(3)11(15)9-4-10(14)6-12-5-9/h4-6,8,14H,7H2,1-3H3. The molecule has 0 atom stereocenters. The molecule has 0 aliphatic carbocycles. The molecule has 0 aromatic carbocycles. The number of nitrogens with zero attached hydrogens (tertiary/aromatic N) is 2. The maximum absolute atomic E-state index is 11.8. The lowest BCUT2D eigenvalue weighted by molar-refractivity contribution is 0.0778. The van der Waals surface area contributed by atoms with E-state index in [1.54, 1.807) is 11.9 Å². The molecule has 0 aliphatic rings. The summed E-state index contributed by atoms with van der Waals surface area (Å²) in [6.45, 7) is 4.78. The van der Waals surface area contributed by atoms with Crippen molar-refractivity contribution in [1.29, 1.82) is 0 Å². The quantitative estimate of drug-likeness (QED) is 0.819. The molecule has 4 heteroatoms. The van der Waals surface area contributed by atoms with E-state index >= 15 is 0 Å². The Morgan fingerprint density at radius 3 is 2.73 bits per heavy atom. The predicted molar refractivity (Wildman–Crippen MR) is 57.7 cm³/mol. The Kier molecular flexibility index (Phi) is 3.66. The van der Waals surface area contributed by atoms with Crippen LogP contribution < -0.4 is 0 Å². The van der Waals surface area contributed by atoms with Crippen LogP contribution in [-0.2, 0) is 0 Å². The van der Waals surface area contributed by atoms with Gasteiger partial charge in [-0.3, -0.25) is 9.78 Å². The summed E-state index contributed by atoms with van der Waals surface area (Å²) < 4.78 is 0. The number of hydrogen-bond acceptors (Lipinski definition) is 3. The molecule has 82 valence electrons. The molecule has 1 aromatic heterocycles. The average Bonchev–Trinajstić information content (AvgIpc) is 2.15. The van der Waals surface area contributed by atoms with Crippen molar-refractivity contribution in [3.63, 3.8) is 0 Å². The molecular weight excluding hydrogens is 192 g/mol. The number of carbonyl (C=O) groups excluding carboxylic acids is 1. The van der Waals surface area contributed by atoms with E-state index in [2.05, 4.69) is 4.98 Å². The maximum atomic E-state index is 11.8. The van der Waals surface area contributed by atoms with E-state index in [4.69, 9.17) is 0 Å². The van der Waals surface area contributed by atoms with Crippen LogP contribution in [0.1, 0.15) is 24.2 Å². The van der Waals surface area contributed by atoms with Crippen LogP contribution in [-0.4, -0.2) is 34.5 Å². The third-order valence-corrected chi connectivity index (χ3v) is 1.96. The van der Waals surface area contributed by atoms with Crippen LogP contribution in [0.5, 0.6) is 5.75 Å². The van der Waals surface area contributed by atoms with Gasteiger partial charge in [0, 0.05) is 19.8 Å². The zero-order valence-corrected chi connectivity index (χ0v) is 9.27. The summed E-state index contributed by atoms with van der Waals surface area (Å²) in [4.78, 5) is 17.2. The predicted octanol–water partition coefficient (Wildman–Crippen LogP) is 1.52. The molecule has 0 spiro atoms. The highest BCUT2D eigenvalue weighted by Gasteiger charge is 2.13. The first-order chi connectivity index (χ1) is 7.00. The van der Waals surface area contributed by atoms with E-state index in [1.807, 2.05) is 13.8 Å². The summed E-state index contributed by atoms with van der Waals surface area (Å²) in [6, 6.07) is 1.42. The van der Waals surface area contributed by atoms with Gasteiger partial charge in [0.25, 0.3) is 5.91 Å². The zero-order valence-electron chi connectivity index (χ0n) is 9.27. The monoisotopic (exact) mass is 208 g/mol. The zero-order chi connectivity index (χ0) is 11.4. The fraction of sp³-hybridized carbons (Fsp3) is 0.455. The highest BCUT2D eigenvalue weighted by Crippen LogP contribution is 2.11. The summed E-state index contributed by atoms with van der Waals surface area (Å²) >= 11 is 0. The summed E-state index contributed by atoms with van der Waals surface area (Å²) in [6.07, 6.45) is 2.76. The Morgan fingerprint density at radius 1 is 1.53 bits per heavy atom. The SMILES string of the molecule is CC(C)CN(C)C(=O)c1cncc(O)c1. The van der Waals surface area contributed by atoms with Crippen molar-refractivity contribution in [2.75, 3.05) is 13.6 Å².